The van der Waals surface area contributed by atoms with Crippen molar-refractivity contribution >= 4 is 27.3 Å². The fourth-order valence-electron chi connectivity index (χ4n) is 1.59. The molecule has 17 heavy (non-hydrogen) atoms. The SMILES string of the molecule is Cc1cc(CNCCCC(C)(C)CO)sc1Br. The van der Waals surface area contributed by atoms with E-state index in [4.69, 9.17) is 5.11 Å². The van der Waals surface area contributed by atoms with E-state index in [-0.39, 0.29) is 12.0 Å². The molecule has 0 aliphatic carbocycles. The first-order valence-electron chi connectivity index (χ1n) is 6.01. The maximum Gasteiger partial charge on any atom is 0.0730 e. The number of thiophene rings is 1. The van der Waals surface area contributed by atoms with Gasteiger partial charge in [0.2, 0.25) is 0 Å². The van der Waals surface area contributed by atoms with Crippen LogP contribution in [0, 0.1) is 12.3 Å². The largest absolute Gasteiger partial charge is 0.396 e. The molecule has 98 valence electrons. The zero-order valence-corrected chi connectivity index (χ0v) is 13.2. The molecule has 0 unspecified atom stereocenters. The molecule has 2 N–H and O–H groups in total. The molecule has 0 bridgehead atoms. The summed E-state index contributed by atoms with van der Waals surface area (Å²) >= 11 is 5.33. The lowest BCUT2D eigenvalue weighted by molar-refractivity contribution is 0.148. The maximum atomic E-state index is 9.14. The fourth-order valence-corrected chi connectivity index (χ4v) is 3.19. The van der Waals surface area contributed by atoms with Crippen LogP contribution in [-0.4, -0.2) is 18.3 Å². The van der Waals surface area contributed by atoms with Gasteiger partial charge < -0.3 is 10.4 Å². The number of aliphatic hydroxyl groups is 1. The fraction of sp³-hybridized carbons (Fsp3) is 0.692. The number of nitrogens with one attached hydrogen (secondary N) is 1. The Balaban J connectivity index is 2.16. The van der Waals surface area contributed by atoms with Crippen molar-refractivity contribution in [1.29, 1.82) is 0 Å². The first-order chi connectivity index (χ1) is 7.94. The van der Waals surface area contributed by atoms with E-state index < -0.39 is 0 Å². The normalized spacial score (nSPS) is 12.1. The third kappa shape index (κ3) is 5.51. The minimum Gasteiger partial charge on any atom is -0.396 e. The monoisotopic (exact) mass is 319 g/mol. The molecule has 0 aliphatic heterocycles. The van der Waals surface area contributed by atoms with Crippen LogP contribution in [0.3, 0.4) is 0 Å². The van der Waals surface area contributed by atoms with Crippen LogP contribution in [0.1, 0.15) is 37.1 Å². The molecular formula is C13H22BrNOS. The van der Waals surface area contributed by atoms with E-state index in [1.165, 1.54) is 14.2 Å². The topological polar surface area (TPSA) is 32.3 Å². The Kier molecular flexibility index (Phi) is 6.13. The summed E-state index contributed by atoms with van der Waals surface area (Å²) in [5.74, 6) is 0. The van der Waals surface area contributed by atoms with Crippen LogP contribution in [0.15, 0.2) is 9.85 Å². The van der Waals surface area contributed by atoms with E-state index in [0.29, 0.717) is 0 Å². The summed E-state index contributed by atoms with van der Waals surface area (Å²) in [6, 6.07) is 2.22. The van der Waals surface area contributed by atoms with E-state index in [1.807, 2.05) is 0 Å². The molecule has 0 saturated carbocycles. The van der Waals surface area contributed by atoms with Gasteiger partial charge in [-0.1, -0.05) is 13.8 Å². The summed E-state index contributed by atoms with van der Waals surface area (Å²) in [5.41, 5.74) is 1.37. The molecule has 2 nitrogen and oxygen atoms in total. The summed E-state index contributed by atoms with van der Waals surface area (Å²) in [6.07, 6.45) is 2.17. The number of aliphatic hydroxyl groups excluding tert-OH is 1. The molecule has 0 atom stereocenters. The second-order valence-corrected chi connectivity index (χ2v) is 7.73. The van der Waals surface area contributed by atoms with Gasteiger partial charge in [0.05, 0.1) is 3.79 Å². The molecule has 0 spiro atoms. The Labute approximate surface area is 117 Å². The van der Waals surface area contributed by atoms with Crippen molar-refractivity contribution in [2.45, 2.75) is 40.2 Å². The Hall–Kier alpha value is 0.100. The first-order valence-corrected chi connectivity index (χ1v) is 7.62. The number of rotatable bonds is 7. The molecular weight excluding hydrogens is 298 g/mol. The molecule has 1 aromatic rings. The lowest BCUT2D eigenvalue weighted by atomic mass is 9.89. The summed E-state index contributed by atoms with van der Waals surface area (Å²) in [7, 11) is 0. The first kappa shape index (κ1) is 15.2. The maximum absolute atomic E-state index is 9.14. The third-order valence-electron chi connectivity index (χ3n) is 2.84. The average molecular weight is 320 g/mol. The van der Waals surface area contributed by atoms with Gasteiger partial charge in [-0.25, -0.2) is 0 Å². The highest BCUT2D eigenvalue weighted by molar-refractivity contribution is 9.11. The highest BCUT2D eigenvalue weighted by Crippen LogP contribution is 2.27. The Morgan fingerprint density at radius 2 is 2.18 bits per heavy atom. The Morgan fingerprint density at radius 1 is 1.47 bits per heavy atom. The standard InChI is InChI=1S/C13H22BrNOS/c1-10-7-11(17-12(10)14)8-15-6-4-5-13(2,3)9-16/h7,15-16H,4-6,8-9H2,1-3H3. The van der Waals surface area contributed by atoms with Crippen LogP contribution in [0.4, 0.5) is 0 Å². The van der Waals surface area contributed by atoms with Crippen molar-refractivity contribution in [1.82, 2.24) is 5.32 Å². The van der Waals surface area contributed by atoms with Crippen molar-refractivity contribution < 1.29 is 5.11 Å². The van der Waals surface area contributed by atoms with Gasteiger partial charge in [0.25, 0.3) is 0 Å². The molecule has 1 aromatic heterocycles. The van der Waals surface area contributed by atoms with Crippen LogP contribution in [0.2, 0.25) is 0 Å². The van der Waals surface area contributed by atoms with Gasteiger partial charge in [0.1, 0.15) is 0 Å². The second kappa shape index (κ2) is 6.88. The number of aryl methyl sites for hydroxylation is 1. The molecule has 0 aromatic carbocycles. The van der Waals surface area contributed by atoms with E-state index in [9.17, 15) is 0 Å². The minimum absolute atomic E-state index is 0.0598. The predicted octanol–water partition coefficient (Wildman–Crippen LogP) is 3.71. The summed E-state index contributed by atoms with van der Waals surface area (Å²) in [4.78, 5) is 1.37. The van der Waals surface area contributed by atoms with Crippen molar-refractivity contribution in [2.24, 2.45) is 5.41 Å². The van der Waals surface area contributed by atoms with Crippen molar-refractivity contribution in [3.05, 3.63) is 20.3 Å². The molecule has 1 rings (SSSR count). The van der Waals surface area contributed by atoms with Gasteiger partial charge in [-0.05, 0) is 59.3 Å². The lowest BCUT2D eigenvalue weighted by Gasteiger charge is -2.21. The van der Waals surface area contributed by atoms with E-state index in [1.54, 1.807) is 11.3 Å². The minimum atomic E-state index is 0.0598. The smallest absolute Gasteiger partial charge is 0.0730 e. The van der Waals surface area contributed by atoms with Crippen molar-refractivity contribution in [2.75, 3.05) is 13.2 Å². The zero-order chi connectivity index (χ0) is 12.9. The molecule has 0 aliphatic rings. The summed E-state index contributed by atoms with van der Waals surface area (Å²) in [5, 5.41) is 12.6. The highest BCUT2D eigenvalue weighted by atomic mass is 79.9. The van der Waals surface area contributed by atoms with Crippen molar-refractivity contribution in [3.8, 4) is 0 Å². The summed E-state index contributed by atoms with van der Waals surface area (Å²) < 4.78 is 1.23. The molecule has 0 fully saturated rings. The third-order valence-corrected chi connectivity index (χ3v) is 4.98. The summed E-state index contributed by atoms with van der Waals surface area (Å²) in [6.45, 7) is 8.55. The molecule has 4 heteroatoms. The van der Waals surface area contributed by atoms with Crippen molar-refractivity contribution in [3.63, 3.8) is 0 Å². The van der Waals surface area contributed by atoms with E-state index in [0.717, 1.165) is 25.9 Å². The van der Waals surface area contributed by atoms with Crippen LogP contribution in [-0.2, 0) is 6.54 Å². The quantitative estimate of drug-likeness (QED) is 0.751. The van der Waals surface area contributed by atoms with E-state index >= 15 is 0 Å². The predicted molar refractivity (Wildman–Crippen MR) is 78.6 cm³/mol. The second-order valence-electron chi connectivity index (χ2n) is 5.27. The van der Waals surface area contributed by atoms with Gasteiger partial charge in [0, 0.05) is 18.0 Å². The zero-order valence-electron chi connectivity index (χ0n) is 10.8. The van der Waals surface area contributed by atoms with Crippen LogP contribution >= 0.6 is 27.3 Å². The van der Waals surface area contributed by atoms with Gasteiger partial charge in [0.15, 0.2) is 0 Å². The molecule has 0 amide bonds. The van der Waals surface area contributed by atoms with Gasteiger partial charge >= 0.3 is 0 Å². The Bertz CT molecular complexity index is 330. The number of hydrogen-bond acceptors (Lipinski definition) is 3. The molecule has 0 saturated heterocycles. The van der Waals surface area contributed by atoms with Crippen LogP contribution in [0.25, 0.3) is 0 Å². The van der Waals surface area contributed by atoms with Gasteiger partial charge in [-0.15, -0.1) is 11.3 Å². The average Bonchev–Trinajstić information content (AvgIpc) is 2.58. The van der Waals surface area contributed by atoms with Crippen LogP contribution in [0.5, 0.6) is 0 Å². The van der Waals surface area contributed by atoms with Crippen LogP contribution < -0.4 is 5.32 Å². The van der Waals surface area contributed by atoms with Gasteiger partial charge in [-0.2, -0.15) is 0 Å². The highest BCUT2D eigenvalue weighted by Gasteiger charge is 2.15. The number of halogens is 1. The Morgan fingerprint density at radius 3 is 2.71 bits per heavy atom. The lowest BCUT2D eigenvalue weighted by Crippen LogP contribution is -2.20. The van der Waals surface area contributed by atoms with E-state index in [2.05, 4.69) is 48.1 Å². The molecule has 1 heterocycles. The van der Waals surface area contributed by atoms with Gasteiger partial charge in [-0.3, -0.25) is 0 Å². The molecule has 0 radical (unpaired) electrons. The number of hydrogen-bond donors (Lipinski definition) is 2.